The van der Waals surface area contributed by atoms with Crippen molar-refractivity contribution in [1.29, 1.82) is 0 Å². The second kappa shape index (κ2) is 9.89. The normalized spacial score (nSPS) is 14.2. The highest BCUT2D eigenvalue weighted by Gasteiger charge is 2.25. The third-order valence-electron chi connectivity index (χ3n) is 5.19. The topological polar surface area (TPSA) is 75.7 Å². The highest BCUT2D eigenvalue weighted by Crippen LogP contribution is 2.21. The van der Waals surface area contributed by atoms with Crippen molar-refractivity contribution in [3.05, 3.63) is 65.2 Å². The Balaban J connectivity index is 1.37. The summed E-state index contributed by atoms with van der Waals surface area (Å²) in [5, 5.41) is 2.82. The maximum atomic E-state index is 12.6. The molecule has 0 saturated heterocycles. The van der Waals surface area contributed by atoms with Crippen molar-refractivity contribution in [1.82, 2.24) is 9.62 Å². The van der Waals surface area contributed by atoms with E-state index in [1.165, 1.54) is 5.56 Å². The van der Waals surface area contributed by atoms with E-state index in [-0.39, 0.29) is 11.7 Å². The van der Waals surface area contributed by atoms with Crippen LogP contribution in [0, 0.1) is 0 Å². The first-order valence-electron chi connectivity index (χ1n) is 9.92. The van der Waals surface area contributed by atoms with Crippen molar-refractivity contribution in [3.63, 3.8) is 0 Å². The molecule has 2 aromatic rings. The van der Waals surface area contributed by atoms with E-state index in [2.05, 4.69) is 11.4 Å². The molecule has 0 radical (unpaired) electrons. The number of aryl methyl sites for hydroxylation is 1. The van der Waals surface area contributed by atoms with Crippen molar-refractivity contribution in [2.45, 2.75) is 32.2 Å². The number of fused-ring (bicyclic) bond motifs is 1. The second-order valence-corrected chi connectivity index (χ2v) is 9.31. The summed E-state index contributed by atoms with van der Waals surface area (Å²) < 4.78 is 31.9. The summed E-state index contributed by atoms with van der Waals surface area (Å²) in [4.78, 5) is 12.0. The molecule has 1 aliphatic rings. The number of carbonyl (C=O) groups excluding carboxylic acids is 1. The molecule has 3 rings (SSSR count). The molecule has 1 amide bonds. The summed E-state index contributed by atoms with van der Waals surface area (Å²) in [5.41, 5.74) is 3.37. The summed E-state index contributed by atoms with van der Waals surface area (Å²) in [6.45, 7) is 1.32. The van der Waals surface area contributed by atoms with E-state index in [9.17, 15) is 13.2 Å². The van der Waals surface area contributed by atoms with Crippen LogP contribution in [0.5, 0.6) is 5.75 Å². The van der Waals surface area contributed by atoms with Crippen LogP contribution in [0.25, 0.3) is 0 Å². The van der Waals surface area contributed by atoms with Crippen molar-refractivity contribution >= 4 is 15.9 Å². The van der Waals surface area contributed by atoms with Crippen LogP contribution in [0.1, 0.15) is 29.5 Å². The van der Waals surface area contributed by atoms with Crippen molar-refractivity contribution in [2.75, 3.05) is 26.0 Å². The molecule has 6 nitrogen and oxygen atoms in total. The van der Waals surface area contributed by atoms with Crippen LogP contribution in [0.15, 0.2) is 48.5 Å². The van der Waals surface area contributed by atoms with E-state index in [0.29, 0.717) is 38.9 Å². The van der Waals surface area contributed by atoms with Gasteiger partial charge in [0.1, 0.15) is 5.75 Å². The van der Waals surface area contributed by atoms with Crippen LogP contribution in [0.2, 0.25) is 0 Å². The van der Waals surface area contributed by atoms with Gasteiger partial charge in [-0.15, -0.1) is 0 Å². The van der Waals surface area contributed by atoms with Crippen molar-refractivity contribution < 1.29 is 17.9 Å². The van der Waals surface area contributed by atoms with E-state index in [1.54, 1.807) is 11.4 Å². The Hall–Kier alpha value is -2.38. The molecule has 0 bridgehead atoms. The van der Waals surface area contributed by atoms with Crippen LogP contribution in [-0.4, -0.2) is 44.6 Å². The maximum Gasteiger partial charge on any atom is 0.220 e. The highest BCUT2D eigenvalue weighted by atomic mass is 32.2. The number of nitrogens with zero attached hydrogens (tertiary/aromatic N) is 1. The molecular weight excluding hydrogens is 388 g/mol. The molecule has 7 heteroatoms. The molecule has 0 atom stereocenters. The average molecular weight is 417 g/mol. The predicted molar refractivity (Wildman–Crippen MR) is 113 cm³/mol. The Bertz CT molecular complexity index is 926. The minimum absolute atomic E-state index is 0.0495. The third-order valence-corrected chi connectivity index (χ3v) is 7.09. The molecule has 0 spiro atoms. The van der Waals surface area contributed by atoms with Gasteiger partial charge in [0.05, 0.1) is 12.9 Å². The molecular formula is C22H28N2O4S. The van der Waals surface area contributed by atoms with Gasteiger partial charge in [0.15, 0.2) is 0 Å². The Labute approximate surface area is 172 Å². The molecule has 0 aliphatic carbocycles. The van der Waals surface area contributed by atoms with Gasteiger partial charge in [0, 0.05) is 26.1 Å². The summed E-state index contributed by atoms with van der Waals surface area (Å²) >= 11 is 0. The summed E-state index contributed by atoms with van der Waals surface area (Å²) in [6.07, 6.45) is 2.18. The van der Waals surface area contributed by atoms with Gasteiger partial charge < -0.3 is 10.1 Å². The zero-order valence-electron chi connectivity index (χ0n) is 16.8. The quantitative estimate of drug-likeness (QED) is 0.638. The van der Waals surface area contributed by atoms with E-state index < -0.39 is 10.0 Å². The van der Waals surface area contributed by atoms with Crippen molar-refractivity contribution in [2.24, 2.45) is 0 Å². The molecule has 29 heavy (non-hydrogen) atoms. The molecule has 0 fully saturated rings. The number of nitrogens with one attached hydrogen (secondary N) is 1. The first kappa shape index (κ1) is 21.3. The minimum Gasteiger partial charge on any atom is -0.497 e. The first-order valence-corrected chi connectivity index (χ1v) is 11.5. The van der Waals surface area contributed by atoms with Gasteiger partial charge in [-0.1, -0.05) is 36.4 Å². The molecule has 0 saturated carbocycles. The van der Waals surface area contributed by atoms with Gasteiger partial charge in [0.2, 0.25) is 15.9 Å². The summed E-state index contributed by atoms with van der Waals surface area (Å²) in [6, 6.07) is 15.6. The standard InChI is InChI=1S/C22H28N2O4S/c1-28-21-10-7-18(8-11-21)9-12-22(25)23-14-4-16-29(26,27)24-15-13-19-5-2-3-6-20(19)17-24/h2-3,5-8,10-11H,4,9,12-17H2,1H3,(H,23,25). The second-order valence-electron chi connectivity index (χ2n) is 7.22. The number of amides is 1. The molecule has 1 N–H and O–H groups in total. The van der Waals surface area contributed by atoms with E-state index in [0.717, 1.165) is 23.3 Å². The fraction of sp³-hybridized carbons (Fsp3) is 0.409. The molecule has 1 aliphatic heterocycles. The SMILES string of the molecule is COc1ccc(CCC(=O)NCCCS(=O)(=O)N2CCc3ccccc3C2)cc1. The lowest BCUT2D eigenvalue weighted by molar-refractivity contribution is -0.121. The van der Waals surface area contributed by atoms with Gasteiger partial charge >= 0.3 is 0 Å². The highest BCUT2D eigenvalue weighted by molar-refractivity contribution is 7.89. The lowest BCUT2D eigenvalue weighted by atomic mass is 10.0. The first-order chi connectivity index (χ1) is 14.0. The number of carbonyl (C=O) groups is 1. The summed E-state index contributed by atoms with van der Waals surface area (Å²) in [5.74, 6) is 0.773. The fourth-order valence-electron chi connectivity index (χ4n) is 3.46. The van der Waals surface area contributed by atoms with Crippen LogP contribution in [0.4, 0.5) is 0 Å². The summed E-state index contributed by atoms with van der Waals surface area (Å²) in [7, 11) is -1.70. The number of benzene rings is 2. The number of hydrogen-bond acceptors (Lipinski definition) is 4. The molecule has 0 aromatic heterocycles. The predicted octanol–water partition coefficient (Wildman–Crippen LogP) is 2.52. The zero-order chi connectivity index (χ0) is 20.7. The molecule has 2 aromatic carbocycles. The lowest BCUT2D eigenvalue weighted by Crippen LogP contribution is -2.38. The van der Waals surface area contributed by atoms with Crippen LogP contribution in [0.3, 0.4) is 0 Å². The monoisotopic (exact) mass is 416 g/mol. The number of rotatable bonds is 9. The van der Waals surface area contributed by atoms with Gasteiger partial charge in [-0.25, -0.2) is 8.42 Å². The van der Waals surface area contributed by atoms with Gasteiger partial charge in [0.25, 0.3) is 0 Å². The Morgan fingerprint density at radius 1 is 1.10 bits per heavy atom. The Morgan fingerprint density at radius 3 is 2.55 bits per heavy atom. The van der Waals surface area contributed by atoms with E-state index in [4.69, 9.17) is 4.74 Å². The average Bonchev–Trinajstić information content (AvgIpc) is 2.75. The maximum absolute atomic E-state index is 12.6. The molecule has 1 heterocycles. The van der Waals surface area contributed by atoms with Crippen LogP contribution >= 0.6 is 0 Å². The number of methoxy groups -OCH3 is 1. The fourth-order valence-corrected chi connectivity index (χ4v) is 4.93. The lowest BCUT2D eigenvalue weighted by Gasteiger charge is -2.28. The number of hydrogen-bond donors (Lipinski definition) is 1. The zero-order valence-corrected chi connectivity index (χ0v) is 17.6. The minimum atomic E-state index is -3.32. The third kappa shape index (κ3) is 6.05. The van der Waals surface area contributed by atoms with Crippen LogP contribution < -0.4 is 10.1 Å². The van der Waals surface area contributed by atoms with Crippen LogP contribution in [-0.2, 0) is 34.2 Å². The number of ether oxygens (including phenoxy) is 1. The number of sulfonamides is 1. The van der Waals surface area contributed by atoms with Gasteiger partial charge in [-0.2, -0.15) is 4.31 Å². The van der Waals surface area contributed by atoms with E-state index in [1.807, 2.05) is 42.5 Å². The molecule has 156 valence electrons. The van der Waals surface area contributed by atoms with Gasteiger partial charge in [-0.05, 0) is 48.1 Å². The Morgan fingerprint density at radius 2 is 1.83 bits per heavy atom. The smallest absolute Gasteiger partial charge is 0.220 e. The van der Waals surface area contributed by atoms with E-state index >= 15 is 0 Å². The Kier molecular flexibility index (Phi) is 7.28. The van der Waals surface area contributed by atoms with Gasteiger partial charge in [-0.3, -0.25) is 4.79 Å². The largest absolute Gasteiger partial charge is 0.497 e. The molecule has 0 unspecified atom stereocenters. The van der Waals surface area contributed by atoms with Crippen molar-refractivity contribution in [3.8, 4) is 5.75 Å².